The summed E-state index contributed by atoms with van der Waals surface area (Å²) < 4.78 is 5.18. The number of carboxylic acid groups (broad SMARTS) is 1. The molecule has 1 atom stereocenters. The molecule has 80 valence electrons. The first-order valence-corrected chi connectivity index (χ1v) is 4.80. The minimum atomic E-state index is -0.934. The molecule has 0 spiro atoms. The summed E-state index contributed by atoms with van der Waals surface area (Å²) >= 11 is 0. The van der Waals surface area contributed by atoms with E-state index < -0.39 is 5.97 Å². The number of carbonyl (C=O) groups is 1. The van der Waals surface area contributed by atoms with Crippen molar-refractivity contribution >= 4 is 5.97 Å². The van der Waals surface area contributed by atoms with Gasteiger partial charge in [0.15, 0.2) is 0 Å². The van der Waals surface area contributed by atoms with Crippen LogP contribution in [0, 0.1) is 0 Å². The van der Waals surface area contributed by atoms with Gasteiger partial charge < -0.3 is 15.6 Å². The van der Waals surface area contributed by atoms with E-state index in [1.165, 1.54) is 0 Å². The molecule has 1 aromatic carbocycles. The Morgan fingerprint density at radius 2 is 2.27 bits per heavy atom. The van der Waals surface area contributed by atoms with E-state index in [9.17, 15) is 4.79 Å². The third kappa shape index (κ3) is 1.68. The lowest BCUT2D eigenvalue weighted by molar-refractivity contribution is 0.0696. The molecule has 0 saturated carbocycles. The lowest BCUT2D eigenvalue weighted by Crippen LogP contribution is -2.19. The van der Waals surface area contributed by atoms with Crippen LogP contribution in [0.2, 0.25) is 0 Å². The van der Waals surface area contributed by atoms with Crippen LogP contribution >= 0.6 is 0 Å². The number of fused-ring (bicyclic) bond motifs is 1. The van der Waals surface area contributed by atoms with Gasteiger partial charge in [-0.25, -0.2) is 4.79 Å². The maximum atomic E-state index is 10.9. The zero-order valence-corrected chi connectivity index (χ0v) is 8.49. The number of aromatic carboxylic acids is 1. The standard InChI is InChI=1S/C11H13NO3/c1-15-10-4-7(11(13)14)2-6-3-8(12)5-9(6)10/h2,4,8H,3,5,12H2,1H3,(H,13,14). The summed E-state index contributed by atoms with van der Waals surface area (Å²) in [4.78, 5) is 10.9. The Hall–Kier alpha value is -1.55. The number of ether oxygens (including phenoxy) is 1. The first-order valence-electron chi connectivity index (χ1n) is 4.80. The van der Waals surface area contributed by atoms with Gasteiger partial charge in [-0.3, -0.25) is 0 Å². The quantitative estimate of drug-likeness (QED) is 0.753. The molecule has 4 heteroatoms. The van der Waals surface area contributed by atoms with Crippen molar-refractivity contribution in [2.24, 2.45) is 5.73 Å². The predicted molar refractivity (Wildman–Crippen MR) is 55.3 cm³/mol. The molecule has 0 bridgehead atoms. The Labute approximate surface area is 87.7 Å². The fraction of sp³-hybridized carbons (Fsp3) is 0.364. The third-order valence-electron chi connectivity index (χ3n) is 2.72. The van der Waals surface area contributed by atoms with E-state index >= 15 is 0 Å². The molecule has 15 heavy (non-hydrogen) atoms. The highest BCUT2D eigenvalue weighted by Gasteiger charge is 2.23. The summed E-state index contributed by atoms with van der Waals surface area (Å²) in [6.45, 7) is 0. The molecule has 1 aromatic rings. The number of hydrogen-bond acceptors (Lipinski definition) is 3. The Morgan fingerprint density at radius 1 is 1.53 bits per heavy atom. The van der Waals surface area contributed by atoms with Crippen LogP contribution in [-0.4, -0.2) is 24.2 Å². The largest absolute Gasteiger partial charge is 0.496 e. The summed E-state index contributed by atoms with van der Waals surface area (Å²) in [5, 5.41) is 8.92. The van der Waals surface area contributed by atoms with Gasteiger partial charge in [-0.15, -0.1) is 0 Å². The summed E-state index contributed by atoms with van der Waals surface area (Å²) in [6, 6.07) is 3.32. The molecule has 0 radical (unpaired) electrons. The number of hydrogen-bond donors (Lipinski definition) is 2. The average Bonchev–Trinajstić information content (AvgIpc) is 2.56. The van der Waals surface area contributed by atoms with Gasteiger partial charge in [-0.1, -0.05) is 0 Å². The van der Waals surface area contributed by atoms with Gasteiger partial charge in [0.2, 0.25) is 0 Å². The Balaban J connectivity index is 2.52. The van der Waals surface area contributed by atoms with E-state index in [1.54, 1.807) is 19.2 Å². The van der Waals surface area contributed by atoms with Crippen LogP contribution < -0.4 is 10.5 Å². The zero-order valence-electron chi connectivity index (χ0n) is 8.49. The number of carboxylic acids is 1. The van der Waals surface area contributed by atoms with Crippen LogP contribution in [0.25, 0.3) is 0 Å². The smallest absolute Gasteiger partial charge is 0.335 e. The fourth-order valence-corrected chi connectivity index (χ4v) is 2.04. The van der Waals surface area contributed by atoms with Crippen molar-refractivity contribution in [3.05, 3.63) is 28.8 Å². The van der Waals surface area contributed by atoms with Crippen LogP contribution in [-0.2, 0) is 12.8 Å². The van der Waals surface area contributed by atoms with Crippen LogP contribution in [0.5, 0.6) is 5.75 Å². The molecule has 1 unspecified atom stereocenters. The predicted octanol–water partition coefficient (Wildman–Crippen LogP) is 0.819. The van der Waals surface area contributed by atoms with E-state index in [1.807, 2.05) is 0 Å². The Bertz CT molecular complexity index is 415. The number of methoxy groups -OCH3 is 1. The zero-order chi connectivity index (χ0) is 11.0. The highest BCUT2D eigenvalue weighted by atomic mass is 16.5. The second kappa shape index (κ2) is 3.55. The van der Waals surface area contributed by atoms with Crippen molar-refractivity contribution in [2.75, 3.05) is 7.11 Å². The second-order valence-electron chi connectivity index (χ2n) is 3.79. The van der Waals surface area contributed by atoms with Crippen molar-refractivity contribution < 1.29 is 14.6 Å². The van der Waals surface area contributed by atoms with Gasteiger partial charge in [0.25, 0.3) is 0 Å². The number of rotatable bonds is 2. The molecule has 0 aliphatic heterocycles. The Morgan fingerprint density at radius 3 is 2.87 bits per heavy atom. The SMILES string of the molecule is COc1cc(C(=O)O)cc2c1CC(N)C2. The summed E-state index contributed by atoms with van der Waals surface area (Å²) in [7, 11) is 1.55. The van der Waals surface area contributed by atoms with Crippen LogP contribution in [0.3, 0.4) is 0 Å². The van der Waals surface area contributed by atoms with Crippen molar-refractivity contribution in [3.63, 3.8) is 0 Å². The normalized spacial score (nSPS) is 18.7. The van der Waals surface area contributed by atoms with Gasteiger partial charge in [-0.2, -0.15) is 0 Å². The van der Waals surface area contributed by atoms with Crippen molar-refractivity contribution in [2.45, 2.75) is 18.9 Å². The maximum Gasteiger partial charge on any atom is 0.335 e. The number of nitrogens with two attached hydrogens (primary N) is 1. The average molecular weight is 207 g/mol. The highest BCUT2D eigenvalue weighted by molar-refractivity contribution is 5.88. The number of benzene rings is 1. The molecule has 4 nitrogen and oxygen atoms in total. The minimum Gasteiger partial charge on any atom is -0.496 e. The van der Waals surface area contributed by atoms with Crippen molar-refractivity contribution in [1.82, 2.24) is 0 Å². The topological polar surface area (TPSA) is 72.5 Å². The molecule has 0 amide bonds. The molecule has 2 rings (SSSR count). The van der Waals surface area contributed by atoms with Gasteiger partial charge in [-0.05, 0) is 36.1 Å². The van der Waals surface area contributed by atoms with Crippen molar-refractivity contribution in [1.29, 1.82) is 0 Å². The monoisotopic (exact) mass is 207 g/mol. The van der Waals surface area contributed by atoms with Crippen LogP contribution in [0.4, 0.5) is 0 Å². The highest BCUT2D eigenvalue weighted by Crippen LogP contribution is 2.31. The molecule has 0 heterocycles. The van der Waals surface area contributed by atoms with Gasteiger partial charge in [0.05, 0.1) is 12.7 Å². The molecule has 0 aromatic heterocycles. The molecular weight excluding hydrogens is 194 g/mol. The molecule has 0 fully saturated rings. The van der Waals surface area contributed by atoms with E-state index in [-0.39, 0.29) is 11.6 Å². The van der Waals surface area contributed by atoms with Gasteiger partial charge >= 0.3 is 5.97 Å². The summed E-state index contributed by atoms with van der Waals surface area (Å²) in [6.07, 6.45) is 1.49. The summed E-state index contributed by atoms with van der Waals surface area (Å²) in [5.74, 6) is -0.297. The van der Waals surface area contributed by atoms with Crippen LogP contribution in [0.1, 0.15) is 21.5 Å². The Kier molecular flexibility index (Phi) is 2.36. The maximum absolute atomic E-state index is 10.9. The third-order valence-corrected chi connectivity index (χ3v) is 2.72. The lowest BCUT2D eigenvalue weighted by Gasteiger charge is -2.08. The first-order chi connectivity index (χ1) is 7.11. The van der Waals surface area contributed by atoms with E-state index in [2.05, 4.69) is 0 Å². The first kappa shape index (κ1) is 9.98. The molecule has 0 saturated heterocycles. The van der Waals surface area contributed by atoms with Gasteiger partial charge in [0.1, 0.15) is 5.75 Å². The fourth-order valence-electron chi connectivity index (χ4n) is 2.04. The molecular formula is C11H13NO3. The molecule has 3 N–H and O–H groups in total. The lowest BCUT2D eigenvalue weighted by atomic mass is 10.1. The van der Waals surface area contributed by atoms with Crippen molar-refractivity contribution in [3.8, 4) is 5.75 Å². The molecule has 1 aliphatic rings. The summed E-state index contributed by atoms with van der Waals surface area (Å²) in [5.41, 5.74) is 8.15. The second-order valence-corrected chi connectivity index (χ2v) is 3.79. The minimum absolute atomic E-state index is 0.0814. The van der Waals surface area contributed by atoms with E-state index in [4.69, 9.17) is 15.6 Å². The van der Waals surface area contributed by atoms with Crippen LogP contribution in [0.15, 0.2) is 12.1 Å². The van der Waals surface area contributed by atoms with E-state index in [0.29, 0.717) is 5.75 Å². The van der Waals surface area contributed by atoms with Gasteiger partial charge in [0, 0.05) is 6.04 Å². The molecule has 1 aliphatic carbocycles. The van der Waals surface area contributed by atoms with E-state index in [0.717, 1.165) is 24.0 Å².